The molecule has 31 heavy (non-hydrogen) atoms. The van der Waals surface area contributed by atoms with Crippen molar-refractivity contribution in [3.63, 3.8) is 0 Å². The Bertz CT molecular complexity index is 923. The number of carbonyl (C=O) groups is 2. The van der Waals surface area contributed by atoms with Gasteiger partial charge in [0.25, 0.3) is 0 Å². The molecule has 1 saturated heterocycles. The van der Waals surface area contributed by atoms with Gasteiger partial charge in [-0.3, -0.25) is 14.3 Å². The van der Waals surface area contributed by atoms with Crippen LogP contribution in [0.5, 0.6) is 5.75 Å². The molecule has 10 nitrogen and oxygen atoms in total. The Kier molecular flexibility index (Phi) is 7.47. The first-order valence-electron chi connectivity index (χ1n) is 10.2. The highest BCUT2D eigenvalue weighted by molar-refractivity contribution is 5.98. The number of rotatable bonds is 7. The summed E-state index contributed by atoms with van der Waals surface area (Å²) in [5.74, 6) is 1.11. The third-order valence-electron chi connectivity index (χ3n) is 4.88. The predicted molar refractivity (Wildman–Crippen MR) is 118 cm³/mol. The summed E-state index contributed by atoms with van der Waals surface area (Å²) >= 11 is 0. The van der Waals surface area contributed by atoms with Crippen LogP contribution in [0.2, 0.25) is 0 Å². The number of nitrogens with one attached hydrogen (secondary N) is 2. The first-order chi connectivity index (χ1) is 15.0. The van der Waals surface area contributed by atoms with Gasteiger partial charge >= 0.3 is 0 Å². The normalized spacial score (nSPS) is 14.5. The number of carbonyl (C=O) groups excluding carboxylic acids is 2. The molecule has 166 valence electrons. The van der Waals surface area contributed by atoms with Crippen LogP contribution in [0.25, 0.3) is 0 Å². The molecule has 1 aliphatic heterocycles. The number of methoxy groups -OCH3 is 1. The molecule has 1 fully saturated rings. The predicted octanol–water partition coefficient (Wildman–Crippen LogP) is 0.359. The average molecular weight is 428 g/mol. The SMILES string of the molecule is CCNC(=NCC(=O)NCc1ccc(OC)cc1)N1CCN(c2cnn(C)c2)C(=O)C1. The van der Waals surface area contributed by atoms with Gasteiger partial charge in [0.05, 0.1) is 19.0 Å². The van der Waals surface area contributed by atoms with Crippen molar-refractivity contribution in [1.29, 1.82) is 0 Å². The molecule has 10 heteroatoms. The molecule has 0 bridgehead atoms. The first kappa shape index (κ1) is 22.1. The maximum Gasteiger partial charge on any atom is 0.246 e. The molecular weight excluding hydrogens is 398 g/mol. The smallest absolute Gasteiger partial charge is 0.246 e. The lowest BCUT2D eigenvalue weighted by molar-refractivity contribution is -0.120. The van der Waals surface area contributed by atoms with Crippen molar-refractivity contribution in [2.45, 2.75) is 13.5 Å². The van der Waals surface area contributed by atoms with Gasteiger partial charge in [0, 0.05) is 39.4 Å². The third-order valence-corrected chi connectivity index (χ3v) is 4.88. The van der Waals surface area contributed by atoms with E-state index in [9.17, 15) is 9.59 Å². The fraction of sp³-hybridized carbons (Fsp3) is 0.429. The van der Waals surface area contributed by atoms with E-state index < -0.39 is 0 Å². The van der Waals surface area contributed by atoms with Crippen molar-refractivity contribution < 1.29 is 14.3 Å². The summed E-state index contributed by atoms with van der Waals surface area (Å²) in [6.45, 7) is 4.32. The fourth-order valence-electron chi connectivity index (χ4n) is 3.25. The Labute approximate surface area is 181 Å². The maximum absolute atomic E-state index is 12.6. The number of nitrogens with zero attached hydrogens (tertiary/aromatic N) is 5. The zero-order valence-electron chi connectivity index (χ0n) is 18.2. The van der Waals surface area contributed by atoms with Crippen LogP contribution in [-0.2, 0) is 23.2 Å². The number of aromatic nitrogens is 2. The summed E-state index contributed by atoms with van der Waals surface area (Å²) in [6, 6.07) is 7.51. The van der Waals surface area contributed by atoms with Crippen molar-refractivity contribution in [3.05, 3.63) is 42.2 Å². The highest BCUT2D eigenvalue weighted by Crippen LogP contribution is 2.16. The summed E-state index contributed by atoms with van der Waals surface area (Å²) in [4.78, 5) is 32.9. The van der Waals surface area contributed by atoms with E-state index in [-0.39, 0.29) is 24.9 Å². The molecule has 1 aliphatic rings. The Morgan fingerprint density at radius 1 is 1.23 bits per heavy atom. The minimum Gasteiger partial charge on any atom is -0.497 e. The Hall–Kier alpha value is -3.56. The summed E-state index contributed by atoms with van der Waals surface area (Å²) < 4.78 is 6.80. The molecule has 3 rings (SSSR count). The standard InChI is InChI=1S/C21H29N7O3/c1-4-22-21(24-13-19(29)23-11-16-5-7-18(31-3)8-6-16)27-9-10-28(20(30)15-27)17-12-25-26(2)14-17/h5-8,12,14H,4,9-11,13,15H2,1-3H3,(H,22,24)(H,23,29). The average Bonchev–Trinajstić information content (AvgIpc) is 3.21. The van der Waals surface area contributed by atoms with E-state index in [1.807, 2.05) is 49.3 Å². The number of aryl methyl sites for hydroxylation is 1. The molecule has 2 heterocycles. The van der Waals surface area contributed by atoms with Gasteiger partial charge < -0.3 is 25.2 Å². The van der Waals surface area contributed by atoms with Crippen molar-refractivity contribution in [2.24, 2.45) is 12.0 Å². The lowest BCUT2D eigenvalue weighted by Gasteiger charge is -2.35. The Morgan fingerprint density at radius 3 is 2.61 bits per heavy atom. The minimum atomic E-state index is -0.188. The number of hydrogen-bond donors (Lipinski definition) is 2. The molecule has 0 unspecified atom stereocenters. The number of amides is 2. The number of piperazine rings is 1. The van der Waals surface area contributed by atoms with E-state index in [0.717, 1.165) is 17.0 Å². The van der Waals surface area contributed by atoms with E-state index in [2.05, 4.69) is 20.7 Å². The van der Waals surface area contributed by atoms with Gasteiger partial charge in [-0.05, 0) is 24.6 Å². The zero-order chi connectivity index (χ0) is 22.2. The van der Waals surface area contributed by atoms with Gasteiger partial charge in [0.1, 0.15) is 18.8 Å². The van der Waals surface area contributed by atoms with Gasteiger partial charge in [0.15, 0.2) is 5.96 Å². The lowest BCUT2D eigenvalue weighted by Crippen LogP contribution is -2.55. The number of guanidine groups is 1. The molecule has 0 radical (unpaired) electrons. The van der Waals surface area contributed by atoms with Crippen LogP contribution < -0.4 is 20.3 Å². The van der Waals surface area contributed by atoms with Crippen molar-refractivity contribution in [1.82, 2.24) is 25.3 Å². The van der Waals surface area contributed by atoms with E-state index in [1.54, 1.807) is 22.9 Å². The third kappa shape index (κ3) is 5.97. The second kappa shape index (κ2) is 10.5. The quantitative estimate of drug-likeness (QED) is 0.488. The van der Waals surface area contributed by atoms with E-state index >= 15 is 0 Å². The maximum atomic E-state index is 12.6. The minimum absolute atomic E-state index is 0.0184. The van der Waals surface area contributed by atoms with E-state index in [4.69, 9.17) is 4.74 Å². The molecule has 1 aromatic carbocycles. The first-order valence-corrected chi connectivity index (χ1v) is 10.2. The number of anilines is 1. The van der Waals surface area contributed by atoms with E-state index in [0.29, 0.717) is 32.1 Å². The van der Waals surface area contributed by atoms with Crippen LogP contribution in [-0.4, -0.2) is 72.3 Å². The van der Waals surface area contributed by atoms with Gasteiger partial charge in [0.2, 0.25) is 11.8 Å². The van der Waals surface area contributed by atoms with Crippen LogP contribution in [0, 0.1) is 0 Å². The molecule has 2 amide bonds. The highest BCUT2D eigenvalue weighted by atomic mass is 16.5. The second-order valence-corrected chi connectivity index (χ2v) is 7.13. The van der Waals surface area contributed by atoms with Crippen LogP contribution in [0.3, 0.4) is 0 Å². The van der Waals surface area contributed by atoms with Gasteiger partial charge in [-0.2, -0.15) is 5.10 Å². The molecule has 2 aromatic rings. The number of hydrogen-bond acceptors (Lipinski definition) is 5. The summed E-state index contributed by atoms with van der Waals surface area (Å²) in [5.41, 5.74) is 1.76. The van der Waals surface area contributed by atoms with Gasteiger partial charge in [-0.15, -0.1) is 0 Å². The zero-order valence-corrected chi connectivity index (χ0v) is 18.2. The highest BCUT2D eigenvalue weighted by Gasteiger charge is 2.27. The number of benzene rings is 1. The summed E-state index contributed by atoms with van der Waals surface area (Å²) in [5, 5.41) is 10.2. The Morgan fingerprint density at radius 2 is 2.00 bits per heavy atom. The lowest BCUT2D eigenvalue weighted by atomic mass is 10.2. The van der Waals surface area contributed by atoms with Crippen LogP contribution in [0.1, 0.15) is 12.5 Å². The Balaban J connectivity index is 1.54. The summed E-state index contributed by atoms with van der Waals surface area (Å²) in [6.07, 6.45) is 3.50. The van der Waals surface area contributed by atoms with Gasteiger partial charge in [-0.1, -0.05) is 12.1 Å². The fourth-order valence-corrected chi connectivity index (χ4v) is 3.25. The van der Waals surface area contributed by atoms with Gasteiger partial charge in [-0.25, -0.2) is 4.99 Å². The van der Waals surface area contributed by atoms with Crippen molar-refractivity contribution >= 4 is 23.5 Å². The van der Waals surface area contributed by atoms with Crippen molar-refractivity contribution in [2.75, 3.05) is 44.7 Å². The summed E-state index contributed by atoms with van der Waals surface area (Å²) in [7, 11) is 3.43. The molecule has 0 atom stereocenters. The number of aliphatic imine (C=N–C) groups is 1. The topological polar surface area (TPSA) is 104 Å². The molecule has 1 aromatic heterocycles. The van der Waals surface area contributed by atoms with E-state index in [1.165, 1.54) is 0 Å². The largest absolute Gasteiger partial charge is 0.497 e. The van der Waals surface area contributed by atoms with Crippen LogP contribution in [0.4, 0.5) is 5.69 Å². The van der Waals surface area contributed by atoms with Crippen LogP contribution in [0.15, 0.2) is 41.7 Å². The van der Waals surface area contributed by atoms with Crippen molar-refractivity contribution in [3.8, 4) is 5.75 Å². The number of ether oxygens (including phenoxy) is 1. The molecule has 2 N–H and O–H groups in total. The van der Waals surface area contributed by atoms with Crippen LogP contribution >= 0.6 is 0 Å². The molecule has 0 saturated carbocycles. The monoisotopic (exact) mass is 427 g/mol. The molecule has 0 spiro atoms. The molecular formula is C21H29N7O3. The molecule has 0 aliphatic carbocycles. The second-order valence-electron chi connectivity index (χ2n) is 7.13.